The predicted octanol–water partition coefficient (Wildman–Crippen LogP) is 5.26. The summed E-state index contributed by atoms with van der Waals surface area (Å²) in [5.41, 5.74) is 2.47. The summed E-state index contributed by atoms with van der Waals surface area (Å²) in [6, 6.07) is 13.7. The number of piperazine rings is 1. The Bertz CT molecular complexity index is 1010. The molecule has 186 valence electrons. The van der Waals surface area contributed by atoms with Gasteiger partial charge in [-0.2, -0.15) is 0 Å². The van der Waals surface area contributed by atoms with Gasteiger partial charge in [0.05, 0.1) is 4.92 Å². The Morgan fingerprint density at radius 2 is 1.60 bits per heavy atom. The summed E-state index contributed by atoms with van der Waals surface area (Å²) in [4.78, 5) is 39.1. The van der Waals surface area contributed by atoms with Gasteiger partial charge in [0, 0.05) is 62.2 Å². The second kappa shape index (κ2) is 13.3. The molecular formula is C27H34N4O4. The van der Waals surface area contributed by atoms with Crippen molar-refractivity contribution in [2.24, 2.45) is 0 Å². The summed E-state index contributed by atoms with van der Waals surface area (Å²) in [5.74, 6) is -0.0149. The number of carbonyl (C=O) groups is 2. The van der Waals surface area contributed by atoms with Crippen LogP contribution in [-0.4, -0.2) is 47.8 Å². The van der Waals surface area contributed by atoms with E-state index in [1.165, 1.54) is 37.5 Å². The van der Waals surface area contributed by atoms with Crippen molar-refractivity contribution in [3.63, 3.8) is 0 Å². The standard InChI is InChI=1S/C27H34N4O4/c1-2-3-4-5-6-7-27(33)30-20-18-29(19-21-30)24-15-11-23(12-16-24)28-26(32)17-10-22-8-13-25(14-9-22)31(34)35/h8-17H,2-7,18-21H2,1H3,(H,28,32)/b17-10+. The molecule has 2 aromatic carbocycles. The molecule has 0 radical (unpaired) electrons. The molecule has 0 bridgehead atoms. The average molecular weight is 479 g/mol. The van der Waals surface area contributed by atoms with Crippen LogP contribution >= 0.6 is 0 Å². The molecule has 0 unspecified atom stereocenters. The van der Waals surface area contributed by atoms with E-state index in [-0.39, 0.29) is 17.5 Å². The number of amides is 2. The number of benzene rings is 2. The molecule has 8 nitrogen and oxygen atoms in total. The molecule has 3 rings (SSSR count). The van der Waals surface area contributed by atoms with Gasteiger partial charge in [-0.05, 0) is 54.5 Å². The molecule has 1 heterocycles. The Balaban J connectivity index is 1.42. The lowest BCUT2D eigenvalue weighted by atomic mass is 10.1. The van der Waals surface area contributed by atoms with Crippen molar-refractivity contribution < 1.29 is 14.5 Å². The van der Waals surface area contributed by atoms with Crippen LogP contribution in [0.1, 0.15) is 51.0 Å². The second-order valence-electron chi connectivity index (χ2n) is 8.75. The maximum Gasteiger partial charge on any atom is 0.269 e. The topological polar surface area (TPSA) is 95.8 Å². The lowest BCUT2D eigenvalue weighted by molar-refractivity contribution is -0.384. The zero-order valence-corrected chi connectivity index (χ0v) is 20.3. The zero-order valence-electron chi connectivity index (χ0n) is 20.3. The minimum Gasteiger partial charge on any atom is -0.368 e. The molecule has 1 aliphatic rings. The van der Waals surface area contributed by atoms with E-state index >= 15 is 0 Å². The van der Waals surface area contributed by atoms with Crippen molar-refractivity contribution >= 4 is 35.0 Å². The van der Waals surface area contributed by atoms with E-state index in [4.69, 9.17) is 0 Å². The number of hydrogen-bond acceptors (Lipinski definition) is 5. The minimum atomic E-state index is -0.459. The molecule has 1 aliphatic heterocycles. The predicted molar refractivity (Wildman–Crippen MR) is 139 cm³/mol. The molecule has 0 aliphatic carbocycles. The van der Waals surface area contributed by atoms with Crippen LogP contribution in [0.2, 0.25) is 0 Å². The number of anilines is 2. The highest BCUT2D eigenvalue weighted by atomic mass is 16.6. The van der Waals surface area contributed by atoms with E-state index in [1.54, 1.807) is 18.2 Å². The highest BCUT2D eigenvalue weighted by Crippen LogP contribution is 2.20. The van der Waals surface area contributed by atoms with Gasteiger partial charge in [-0.15, -0.1) is 0 Å². The number of carbonyl (C=O) groups excluding carboxylic acids is 2. The molecule has 0 atom stereocenters. The number of nitro benzene ring substituents is 1. The molecule has 0 aromatic heterocycles. The van der Waals surface area contributed by atoms with Gasteiger partial charge in [0.2, 0.25) is 11.8 Å². The second-order valence-corrected chi connectivity index (χ2v) is 8.75. The van der Waals surface area contributed by atoms with Crippen LogP contribution in [0.15, 0.2) is 54.6 Å². The van der Waals surface area contributed by atoms with Gasteiger partial charge in [-0.3, -0.25) is 19.7 Å². The fourth-order valence-corrected chi connectivity index (χ4v) is 4.07. The molecule has 0 spiro atoms. The average Bonchev–Trinajstić information content (AvgIpc) is 2.88. The summed E-state index contributed by atoms with van der Waals surface area (Å²) < 4.78 is 0. The molecule has 1 fully saturated rings. The van der Waals surface area contributed by atoms with E-state index < -0.39 is 4.92 Å². The summed E-state index contributed by atoms with van der Waals surface area (Å²) in [6.07, 6.45) is 9.44. The van der Waals surface area contributed by atoms with Crippen LogP contribution in [0.5, 0.6) is 0 Å². The number of non-ortho nitro benzene ring substituents is 1. The molecule has 0 saturated carbocycles. The normalized spacial score (nSPS) is 13.7. The van der Waals surface area contributed by atoms with Crippen molar-refractivity contribution in [3.05, 3.63) is 70.3 Å². The number of nitrogens with zero attached hydrogens (tertiary/aromatic N) is 3. The highest BCUT2D eigenvalue weighted by Gasteiger charge is 2.20. The minimum absolute atomic E-state index is 0.0116. The third-order valence-corrected chi connectivity index (χ3v) is 6.16. The van der Waals surface area contributed by atoms with Crippen LogP contribution in [0.4, 0.5) is 17.1 Å². The van der Waals surface area contributed by atoms with Gasteiger partial charge < -0.3 is 15.1 Å². The van der Waals surface area contributed by atoms with E-state index in [0.29, 0.717) is 17.7 Å². The molecule has 35 heavy (non-hydrogen) atoms. The highest BCUT2D eigenvalue weighted by molar-refractivity contribution is 6.02. The summed E-state index contributed by atoms with van der Waals surface area (Å²) in [6.45, 7) is 5.26. The van der Waals surface area contributed by atoms with Crippen molar-refractivity contribution in [1.82, 2.24) is 4.90 Å². The van der Waals surface area contributed by atoms with Crippen LogP contribution in [0, 0.1) is 10.1 Å². The van der Waals surface area contributed by atoms with E-state index in [0.717, 1.165) is 44.7 Å². The summed E-state index contributed by atoms with van der Waals surface area (Å²) in [7, 11) is 0. The molecular weight excluding hydrogens is 444 g/mol. The lowest BCUT2D eigenvalue weighted by Gasteiger charge is -2.36. The van der Waals surface area contributed by atoms with Gasteiger partial charge >= 0.3 is 0 Å². The maximum absolute atomic E-state index is 12.4. The number of unbranched alkanes of at least 4 members (excludes halogenated alkanes) is 4. The Kier molecular flexibility index (Phi) is 9.83. The van der Waals surface area contributed by atoms with Crippen LogP contribution in [0.25, 0.3) is 6.08 Å². The first-order chi connectivity index (χ1) is 17.0. The Labute approximate surface area is 206 Å². The van der Waals surface area contributed by atoms with Crippen molar-refractivity contribution in [2.45, 2.75) is 45.4 Å². The number of nitrogens with one attached hydrogen (secondary N) is 1. The third kappa shape index (κ3) is 8.24. The molecule has 2 aromatic rings. The molecule has 1 N–H and O–H groups in total. The summed E-state index contributed by atoms with van der Waals surface area (Å²) >= 11 is 0. The van der Waals surface area contributed by atoms with Crippen LogP contribution in [0.3, 0.4) is 0 Å². The fourth-order valence-electron chi connectivity index (χ4n) is 4.07. The van der Waals surface area contributed by atoms with Crippen LogP contribution in [-0.2, 0) is 9.59 Å². The number of nitro groups is 1. The Hall–Kier alpha value is -3.68. The van der Waals surface area contributed by atoms with Crippen molar-refractivity contribution in [1.29, 1.82) is 0 Å². The molecule has 2 amide bonds. The first kappa shape index (κ1) is 25.9. The van der Waals surface area contributed by atoms with Gasteiger partial charge in [-0.25, -0.2) is 0 Å². The Morgan fingerprint density at radius 1 is 0.943 bits per heavy atom. The van der Waals surface area contributed by atoms with Gasteiger partial charge in [-0.1, -0.05) is 32.6 Å². The maximum atomic E-state index is 12.4. The SMILES string of the molecule is CCCCCCCC(=O)N1CCN(c2ccc(NC(=O)/C=C/c3ccc([N+](=O)[O-])cc3)cc2)CC1. The van der Waals surface area contributed by atoms with Crippen LogP contribution < -0.4 is 10.2 Å². The van der Waals surface area contributed by atoms with Gasteiger partial charge in [0.25, 0.3) is 5.69 Å². The lowest BCUT2D eigenvalue weighted by Crippen LogP contribution is -2.48. The van der Waals surface area contributed by atoms with Gasteiger partial charge in [0.15, 0.2) is 0 Å². The fraction of sp³-hybridized carbons (Fsp3) is 0.407. The first-order valence-corrected chi connectivity index (χ1v) is 12.3. The quantitative estimate of drug-likeness (QED) is 0.206. The molecule has 8 heteroatoms. The smallest absolute Gasteiger partial charge is 0.269 e. The van der Waals surface area contributed by atoms with Gasteiger partial charge in [0.1, 0.15) is 0 Å². The largest absolute Gasteiger partial charge is 0.368 e. The van der Waals surface area contributed by atoms with E-state index in [9.17, 15) is 19.7 Å². The van der Waals surface area contributed by atoms with Crippen molar-refractivity contribution in [3.8, 4) is 0 Å². The van der Waals surface area contributed by atoms with E-state index in [1.807, 2.05) is 29.2 Å². The monoisotopic (exact) mass is 478 g/mol. The summed E-state index contributed by atoms with van der Waals surface area (Å²) in [5, 5.41) is 13.5. The molecule has 1 saturated heterocycles. The Morgan fingerprint density at radius 3 is 2.23 bits per heavy atom. The first-order valence-electron chi connectivity index (χ1n) is 12.3. The zero-order chi connectivity index (χ0) is 25.0. The number of rotatable bonds is 11. The van der Waals surface area contributed by atoms with Crippen molar-refractivity contribution in [2.75, 3.05) is 36.4 Å². The third-order valence-electron chi connectivity index (χ3n) is 6.16. The number of hydrogen-bond donors (Lipinski definition) is 1. The van der Waals surface area contributed by atoms with E-state index in [2.05, 4.69) is 17.1 Å².